The van der Waals surface area contributed by atoms with Crippen molar-refractivity contribution in [2.24, 2.45) is 0 Å². The number of ether oxygens (including phenoxy) is 1. The number of aliphatic hydroxyl groups excluding tert-OH is 1. The maximum Gasteiger partial charge on any atom is 0.173 e. The number of benzene rings is 2. The fourth-order valence-corrected chi connectivity index (χ4v) is 2.76. The maximum atomic E-state index is 9.83. The Morgan fingerprint density at radius 1 is 1.00 bits per heavy atom. The fourth-order valence-electron chi connectivity index (χ4n) is 2.76. The van der Waals surface area contributed by atoms with Crippen LogP contribution >= 0.6 is 0 Å². The molecular formula is C19H19NO3. The summed E-state index contributed by atoms with van der Waals surface area (Å²) in [4.78, 5) is 0. The zero-order valence-electron chi connectivity index (χ0n) is 13.5. The lowest BCUT2D eigenvalue weighted by Crippen LogP contribution is -1.90. The SMILES string of the molecule is COc1ccc(-c2noc(-c3cc(C)cc(C)c3)c2CO)cc1. The lowest BCUT2D eigenvalue weighted by Gasteiger charge is -2.05. The first-order chi connectivity index (χ1) is 11.1. The molecule has 0 amide bonds. The number of hydrogen-bond acceptors (Lipinski definition) is 4. The van der Waals surface area contributed by atoms with Gasteiger partial charge in [0, 0.05) is 11.1 Å². The van der Waals surface area contributed by atoms with Crippen LogP contribution in [0.15, 0.2) is 47.0 Å². The van der Waals surface area contributed by atoms with Crippen LogP contribution in [-0.2, 0) is 6.61 Å². The van der Waals surface area contributed by atoms with Crippen LogP contribution in [-0.4, -0.2) is 17.4 Å². The predicted octanol–water partition coefficient (Wildman–Crippen LogP) is 4.13. The molecule has 4 nitrogen and oxygen atoms in total. The third-order valence-electron chi connectivity index (χ3n) is 3.79. The van der Waals surface area contributed by atoms with Crippen molar-refractivity contribution in [3.8, 4) is 28.3 Å². The van der Waals surface area contributed by atoms with Gasteiger partial charge in [-0.05, 0) is 50.2 Å². The molecule has 0 unspecified atom stereocenters. The van der Waals surface area contributed by atoms with Crippen LogP contribution in [0.5, 0.6) is 5.75 Å². The van der Waals surface area contributed by atoms with Crippen molar-refractivity contribution < 1.29 is 14.4 Å². The van der Waals surface area contributed by atoms with Crippen molar-refractivity contribution in [1.82, 2.24) is 5.16 Å². The first kappa shape index (κ1) is 15.3. The summed E-state index contributed by atoms with van der Waals surface area (Å²) in [6.45, 7) is 3.94. The second kappa shape index (κ2) is 6.26. The van der Waals surface area contributed by atoms with Crippen molar-refractivity contribution in [1.29, 1.82) is 0 Å². The Labute approximate surface area is 135 Å². The quantitative estimate of drug-likeness (QED) is 0.787. The smallest absolute Gasteiger partial charge is 0.173 e. The van der Waals surface area contributed by atoms with Crippen molar-refractivity contribution in [2.45, 2.75) is 20.5 Å². The topological polar surface area (TPSA) is 55.5 Å². The number of nitrogens with zero attached hydrogens (tertiary/aromatic N) is 1. The van der Waals surface area contributed by atoms with Crippen molar-refractivity contribution >= 4 is 0 Å². The minimum Gasteiger partial charge on any atom is -0.497 e. The molecule has 0 aliphatic carbocycles. The van der Waals surface area contributed by atoms with Crippen LogP contribution in [0.4, 0.5) is 0 Å². The molecule has 1 N–H and O–H groups in total. The predicted molar refractivity (Wildman–Crippen MR) is 89.3 cm³/mol. The Kier molecular flexibility index (Phi) is 4.17. The highest BCUT2D eigenvalue weighted by Crippen LogP contribution is 2.33. The van der Waals surface area contributed by atoms with E-state index in [0.717, 1.165) is 28.0 Å². The molecule has 4 heteroatoms. The number of aryl methyl sites for hydroxylation is 2. The molecule has 0 spiro atoms. The third kappa shape index (κ3) is 2.98. The molecule has 23 heavy (non-hydrogen) atoms. The molecule has 0 aliphatic rings. The first-order valence-electron chi connectivity index (χ1n) is 7.45. The summed E-state index contributed by atoms with van der Waals surface area (Å²) in [5.41, 5.74) is 5.45. The van der Waals surface area contributed by atoms with Gasteiger partial charge in [0.15, 0.2) is 5.76 Å². The van der Waals surface area contributed by atoms with E-state index in [0.29, 0.717) is 17.0 Å². The molecule has 1 aromatic heterocycles. The molecule has 3 aromatic rings. The summed E-state index contributed by atoms with van der Waals surface area (Å²) in [6, 6.07) is 13.7. The summed E-state index contributed by atoms with van der Waals surface area (Å²) in [7, 11) is 1.63. The summed E-state index contributed by atoms with van der Waals surface area (Å²) in [6.07, 6.45) is 0. The van der Waals surface area contributed by atoms with Gasteiger partial charge in [0.1, 0.15) is 11.4 Å². The van der Waals surface area contributed by atoms with Crippen LogP contribution in [0.2, 0.25) is 0 Å². The van der Waals surface area contributed by atoms with E-state index in [2.05, 4.69) is 11.2 Å². The van der Waals surface area contributed by atoms with E-state index in [1.807, 2.05) is 50.2 Å². The molecule has 2 aromatic carbocycles. The maximum absolute atomic E-state index is 9.83. The second-order valence-corrected chi connectivity index (χ2v) is 5.60. The molecule has 3 rings (SSSR count). The summed E-state index contributed by atoms with van der Waals surface area (Å²) >= 11 is 0. The highest BCUT2D eigenvalue weighted by Gasteiger charge is 2.18. The monoisotopic (exact) mass is 309 g/mol. The lowest BCUT2D eigenvalue weighted by atomic mass is 10.00. The van der Waals surface area contributed by atoms with Gasteiger partial charge in [0.05, 0.1) is 19.3 Å². The molecule has 0 saturated heterocycles. The number of aliphatic hydroxyl groups is 1. The van der Waals surface area contributed by atoms with Crippen molar-refractivity contribution in [3.63, 3.8) is 0 Å². The number of methoxy groups -OCH3 is 1. The molecular weight excluding hydrogens is 290 g/mol. The van der Waals surface area contributed by atoms with Gasteiger partial charge in [-0.2, -0.15) is 0 Å². The minimum absolute atomic E-state index is 0.132. The van der Waals surface area contributed by atoms with Gasteiger partial charge in [-0.3, -0.25) is 0 Å². The first-order valence-corrected chi connectivity index (χ1v) is 7.45. The van der Waals surface area contributed by atoms with Crippen LogP contribution in [0, 0.1) is 13.8 Å². The standard InChI is InChI=1S/C19H19NO3/c1-12-8-13(2)10-15(9-12)19-17(11-21)18(20-23-19)14-4-6-16(22-3)7-5-14/h4-10,21H,11H2,1-3H3. The fraction of sp³-hybridized carbons (Fsp3) is 0.211. The van der Waals surface area contributed by atoms with Crippen LogP contribution in [0.1, 0.15) is 16.7 Å². The average Bonchev–Trinajstić information content (AvgIpc) is 2.98. The van der Waals surface area contributed by atoms with Crippen LogP contribution in [0.25, 0.3) is 22.6 Å². The van der Waals surface area contributed by atoms with Crippen LogP contribution < -0.4 is 4.74 Å². The van der Waals surface area contributed by atoms with Crippen molar-refractivity contribution in [2.75, 3.05) is 7.11 Å². The Hall–Kier alpha value is -2.59. The van der Waals surface area contributed by atoms with Crippen LogP contribution in [0.3, 0.4) is 0 Å². The molecule has 0 fully saturated rings. The van der Waals surface area contributed by atoms with E-state index >= 15 is 0 Å². The Balaban J connectivity index is 2.08. The number of rotatable bonds is 4. The van der Waals surface area contributed by atoms with E-state index in [4.69, 9.17) is 9.26 Å². The molecule has 0 atom stereocenters. The summed E-state index contributed by atoms with van der Waals surface area (Å²) in [5, 5.41) is 14.0. The van der Waals surface area contributed by atoms with E-state index in [1.54, 1.807) is 7.11 Å². The average molecular weight is 309 g/mol. The highest BCUT2D eigenvalue weighted by molar-refractivity contribution is 5.73. The summed E-state index contributed by atoms with van der Waals surface area (Å²) in [5.74, 6) is 1.39. The van der Waals surface area contributed by atoms with E-state index < -0.39 is 0 Å². The highest BCUT2D eigenvalue weighted by atomic mass is 16.5. The molecule has 0 aliphatic heterocycles. The van der Waals surface area contributed by atoms with Gasteiger partial charge >= 0.3 is 0 Å². The Bertz CT molecular complexity index is 799. The van der Waals surface area contributed by atoms with Gasteiger partial charge in [-0.1, -0.05) is 22.3 Å². The molecule has 0 bridgehead atoms. The normalized spacial score (nSPS) is 10.8. The third-order valence-corrected chi connectivity index (χ3v) is 3.79. The largest absolute Gasteiger partial charge is 0.497 e. The van der Waals surface area contributed by atoms with E-state index in [-0.39, 0.29) is 6.61 Å². The van der Waals surface area contributed by atoms with Gasteiger partial charge in [-0.25, -0.2) is 0 Å². The number of hydrogen-bond donors (Lipinski definition) is 1. The lowest BCUT2D eigenvalue weighted by molar-refractivity contribution is 0.281. The zero-order chi connectivity index (χ0) is 16.4. The Morgan fingerprint density at radius 2 is 1.65 bits per heavy atom. The van der Waals surface area contributed by atoms with E-state index in [9.17, 15) is 5.11 Å². The number of aromatic nitrogens is 1. The molecule has 0 saturated carbocycles. The molecule has 0 radical (unpaired) electrons. The van der Waals surface area contributed by atoms with Gasteiger partial charge < -0.3 is 14.4 Å². The zero-order valence-corrected chi connectivity index (χ0v) is 13.5. The van der Waals surface area contributed by atoms with Crippen molar-refractivity contribution in [3.05, 3.63) is 59.2 Å². The van der Waals surface area contributed by atoms with Gasteiger partial charge in [0.25, 0.3) is 0 Å². The molecule has 1 heterocycles. The van der Waals surface area contributed by atoms with E-state index in [1.165, 1.54) is 0 Å². The molecule has 118 valence electrons. The van der Waals surface area contributed by atoms with Gasteiger partial charge in [-0.15, -0.1) is 0 Å². The summed E-state index contributed by atoms with van der Waals surface area (Å²) < 4.78 is 10.7. The second-order valence-electron chi connectivity index (χ2n) is 5.60. The van der Waals surface area contributed by atoms with Gasteiger partial charge in [0.2, 0.25) is 0 Å². The minimum atomic E-state index is -0.132. The Morgan fingerprint density at radius 3 is 2.22 bits per heavy atom.